The molecule has 0 bridgehead atoms. The van der Waals surface area contributed by atoms with Gasteiger partial charge in [0.1, 0.15) is 5.69 Å². The van der Waals surface area contributed by atoms with Crippen LogP contribution >= 0.6 is 0 Å². The lowest BCUT2D eigenvalue weighted by atomic mass is 10.0. The fourth-order valence-electron chi connectivity index (χ4n) is 2.87. The molecule has 2 aliphatic heterocycles. The molecule has 1 N–H and O–H groups in total. The van der Waals surface area contributed by atoms with Crippen molar-refractivity contribution in [1.29, 1.82) is 0 Å². The highest BCUT2D eigenvalue weighted by Crippen LogP contribution is 2.29. The van der Waals surface area contributed by atoms with Gasteiger partial charge < -0.3 is 10.2 Å². The first-order valence-corrected chi connectivity index (χ1v) is 6.48. The molecule has 108 valence electrons. The van der Waals surface area contributed by atoms with Crippen LogP contribution < -0.4 is 5.32 Å². The van der Waals surface area contributed by atoms with Gasteiger partial charge in [0.25, 0.3) is 5.91 Å². The van der Waals surface area contributed by atoms with E-state index in [1.54, 1.807) is 4.90 Å². The standard InChI is InChI=1S/C13H14F3N3O/c14-13(15,16)10-1-2-11(18-5-10)12(20)19-6-8-3-17-4-9(8)7-19/h1-2,5,8-9,17H,3-4,6-7H2/t8-,9+. The lowest BCUT2D eigenvalue weighted by molar-refractivity contribution is -0.137. The van der Waals surface area contributed by atoms with Crippen LogP contribution in [0.5, 0.6) is 0 Å². The maximum atomic E-state index is 12.4. The third kappa shape index (κ3) is 2.37. The predicted molar refractivity (Wildman–Crippen MR) is 65.0 cm³/mol. The number of aromatic nitrogens is 1. The number of alkyl halides is 3. The van der Waals surface area contributed by atoms with Crippen molar-refractivity contribution in [3.05, 3.63) is 29.6 Å². The van der Waals surface area contributed by atoms with Crippen LogP contribution in [0.1, 0.15) is 16.1 Å². The molecular weight excluding hydrogens is 271 g/mol. The van der Waals surface area contributed by atoms with E-state index < -0.39 is 11.7 Å². The first kappa shape index (κ1) is 13.4. The number of halogens is 3. The van der Waals surface area contributed by atoms with E-state index in [9.17, 15) is 18.0 Å². The zero-order valence-corrected chi connectivity index (χ0v) is 10.7. The quantitative estimate of drug-likeness (QED) is 0.848. The minimum Gasteiger partial charge on any atom is -0.337 e. The number of hydrogen-bond donors (Lipinski definition) is 1. The van der Waals surface area contributed by atoms with Gasteiger partial charge in [0.05, 0.1) is 5.56 Å². The Morgan fingerprint density at radius 3 is 2.40 bits per heavy atom. The molecule has 2 saturated heterocycles. The number of nitrogens with zero attached hydrogens (tertiary/aromatic N) is 2. The summed E-state index contributed by atoms with van der Waals surface area (Å²) in [7, 11) is 0. The van der Waals surface area contributed by atoms with Gasteiger partial charge in [-0.05, 0) is 24.0 Å². The Kier molecular flexibility index (Phi) is 3.16. The van der Waals surface area contributed by atoms with Gasteiger partial charge in [-0.15, -0.1) is 0 Å². The van der Waals surface area contributed by atoms with Gasteiger partial charge in [-0.2, -0.15) is 13.2 Å². The molecule has 20 heavy (non-hydrogen) atoms. The van der Waals surface area contributed by atoms with Crippen LogP contribution in [0.2, 0.25) is 0 Å². The van der Waals surface area contributed by atoms with Gasteiger partial charge >= 0.3 is 6.18 Å². The molecule has 0 aromatic carbocycles. The minimum absolute atomic E-state index is 0.0749. The Morgan fingerprint density at radius 2 is 1.90 bits per heavy atom. The van der Waals surface area contributed by atoms with Crippen LogP contribution in [-0.2, 0) is 6.18 Å². The maximum Gasteiger partial charge on any atom is 0.417 e. The molecule has 1 aromatic heterocycles. The van der Waals surface area contributed by atoms with Crippen molar-refractivity contribution in [2.75, 3.05) is 26.2 Å². The molecule has 0 aliphatic carbocycles. The summed E-state index contributed by atoms with van der Waals surface area (Å²) in [4.78, 5) is 17.5. The minimum atomic E-state index is -4.43. The molecule has 0 radical (unpaired) electrons. The molecule has 0 saturated carbocycles. The van der Waals surface area contributed by atoms with Gasteiger partial charge in [0.15, 0.2) is 0 Å². The number of carbonyl (C=O) groups excluding carboxylic acids is 1. The number of nitrogens with one attached hydrogen (secondary N) is 1. The van der Waals surface area contributed by atoms with Crippen LogP contribution in [-0.4, -0.2) is 42.0 Å². The van der Waals surface area contributed by atoms with Crippen molar-refractivity contribution in [3.8, 4) is 0 Å². The average molecular weight is 285 g/mol. The molecule has 4 nitrogen and oxygen atoms in total. The number of amides is 1. The molecule has 7 heteroatoms. The highest BCUT2D eigenvalue weighted by Gasteiger charge is 2.38. The largest absolute Gasteiger partial charge is 0.417 e. The van der Waals surface area contributed by atoms with E-state index in [-0.39, 0.29) is 11.6 Å². The molecule has 2 fully saturated rings. The Hall–Kier alpha value is -1.63. The summed E-state index contributed by atoms with van der Waals surface area (Å²) in [6.45, 7) is 3.10. The van der Waals surface area contributed by atoms with Gasteiger partial charge in [0.2, 0.25) is 0 Å². The topological polar surface area (TPSA) is 45.2 Å². The second-order valence-electron chi connectivity index (χ2n) is 5.32. The number of fused-ring (bicyclic) bond motifs is 1. The Labute approximate surface area is 114 Å². The summed E-state index contributed by atoms with van der Waals surface area (Å²) in [5.41, 5.74) is -0.762. The second kappa shape index (κ2) is 4.73. The fourth-order valence-corrected chi connectivity index (χ4v) is 2.87. The maximum absolute atomic E-state index is 12.4. The van der Waals surface area contributed by atoms with Gasteiger partial charge in [0, 0.05) is 32.4 Å². The molecule has 0 spiro atoms. The molecule has 3 rings (SSSR count). The van der Waals surface area contributed by atoms with Crippen LogP contribution in [0.3, 0.4) is 0 Å². The third-order valence-corrected chi connectivity index (χ3v) is 3.99. The predicted octanol–water partition coefficient (Wildman–Crippen LogP) is 1.39. The first-order valence-electron chi connectivity index (χ1n) is 6.48. The Morgan fingerprint density at radius 1 is 1.25 bits per heavy atom. The van der Waals surface area contributed by atoms with Gasteiger partial charge in [-0.25, -0.2) is 0 Å². The summed E-state index contributed by atoms with van der Waals surface area (Å²) < 4.78 is 37.3. The number of hydrogen-bond acceptors (Lipinski definition) is 3. The normalized spacial score (nSPS) is 25.9. The van der Waals surface area contributed by atoms with Crippen molar-refractivity contribution in [2.24, 2.45) is 11.8 Å². The highest BCUT2D eigenvalue weighted by atomic mass is 19.4. The van der Waals surface area contributed by atoms with Crippen molar-refractivity contribution < 1.29 is 18.0 Å². The third-order valence-electron chi connectivity index (χ3n) is 3.99. The van der Waals surface area contributed by atoms with Gasteiger partial charge in [-0.1, -0.05) is 0 Å². The van der Waals surface area contributed by atoms with Crippen LogP contribution in [0, 0.1) is 11.8 Å². The molecule has 3 heterocycles. The number of pyridine rings is 1. The summed E-state index contributed by atoms with van der Waals surface area (Å²) in [5.74, 6) is 0.620. The lowest BCUT2D eigenvalue weighted by Crippen LogP contribution is -2.32. The van der Waals surface area contributed by atoms with E-state index >= 15 is 0 Å². The molecule has 2 aliphatic rings. The van der Waals surface area contributed by atoms with E-state index in [4.69, 9.17) is 0 Å². The Bertz CT molecular complexity index is 503. The highest BCUT2D eigenvalue weighted by molar-refractivity contribution is 5.92. The summed E-state index contributed by atoms with van der Waals surface area (Å²) in [6.07, 6.45) is -3.71. The van der Waals surface area contributed by atoms with Crippen molar-refractivity contribution in [1.82, 2.24) is 15.2 Å². The summed E-state index contributed by atoms with van der Waals surface area (Å²) in [5, 5.41) is 3.27. The molecule has 2 atom stereocenters. The van der Waals surface area contributed by atoms with Crippen molar-refractivity contribution in [2.45, 2.75) is 6.18 Å². The zero-order chi connectivity index (χ0) is 14.3. The molecule has 0 unspecified atom stereocenters. The number of carbonyl (C=O) groups is 1. The van der Waals surface area contributed by atoms with E-state index in [0.29, 0.717) is 31.1 Å². The SMILES string of the molecule is O=C(c1ccc(C(F)(F)F)cn1)N1C[C@H]2CNC[C@H]2C1. The number of rotatable bonds is 1. The van der Waals surface area contributed by atoms with Crippen LogP contribution in [0.25, 0.3) is 0 Å². The van der Waals surface area contributed by atoms with E-state index in [0.717, 1.165) is 25.2 Å². The summed E-state index contributed by atoms with van der Waals surface area (Å²) in [6, 6.07) is 2.05. The second-order valence-corrected chi connectivity index (χ2v) is 5.32. The van der Waals surface area contributed by atoms with E-state index in [2.05, 4.69) is 10.3 Å². The fraction of sp³-hybridized carbons (Fsp3) is 0.538. The molecule has 1 aromatic rings. The van der Waals surface area contributed by atoms with Crippen LogP contribution in [0.15, 0.2) is 18.3 Å². The van der Waals surface area contributed by atoms with E-state index in [1.165, 1.54) is 0 Å². The first-order chi connectivity index (χ1) is 9.45. The average Bonchev–Trinajstić information content (AvgIpc) is 2.97. The van der Waals surface area contributed by atoms with Crippen molar-refractivity contribution in [3.63, 3.8) is 0 Å². The van der Waals surface area contributed by atoms with E-state index in [1.807, 2.05) is 0 Å². The van der Waals surface area contributed by atoms with Gasteiger partial charge in [-0.3, -0.25) is 9.78 Å². The molecule has 1 amide bonds. The smallest absolute Gasteiger partial charge is 0.337 e. The monoisotopic (exact) mass is 285 g/mol. The number of likely N-dealkylation sites (tertiary alicyclic amines) is 1. The summed E-state index contributed by atoms with van der Waals surface area (Å²) >= 11 is 0. The van der Waals surface area contributed by atoms with Crippen LogP contribution in [0.4, 0.5) is 13.2 Å². The molecular formula is C13H14F3N3O. The lowest BCUT2D eigenvalue weighted by Gasteiger charge is -2.17. The zero-order valence-electron chi connectivity index (χ0n) is 10.7. The van der Waals surface area contributed by atoms with Crippen molar-refractivity contribution >= 4 is 5.91 Å². The Balaban J connectivity index is 1.72.